The minimum atomic E-state index is -5.30. The van der Waals surface area contributed by atoms with Crippen molar-refractivity contribution in [1.82, 2.24) is 10.6 Å². The van der Waals surface area contributed by atoms with Crippen LogP contribution in [0.15, 0.2) is 134 Å². The van der Waals surface area contributed by atoms with Gasteiger partial charge in [-0.1, -0.05) is 451 Å². The highest BCUT2D eigenvalue weighted by atomic mass is 35.6. The first-order chi connectivity index (χ1) is 66.8. The van der Waals surface area contributed by atoms with Gasteiger partial charge in [0.2, 0.25) is 13.5 Å². The SMILES string of the molecule is C=CCO[C@H]1O[C@H](CO[C@@H]2O[C@H](COC(=O)OCC(Cl)(Cl)Cl)[C@@H](OP(=O)(Oc3ccccc3)Oc3ccccc3)[C@H](OC(=O)C[C@@H](CCCCCCCCCCCCCC)OC(=O)CCCCCCCCCCCCC)[C@H]2NC(=O)OCC(Cl)(Cl)Cl)[C@@H](O)[C@H](OC(=O)C[C@@H](CCCCCCCCCCC)OCc2ccccc2)[C@H]1NC(=O)C[C@@H](CCCCCCCCCCC)OCc1ccccc1. The Morgan fingerprint density at radius 3 is 1.22 bits per heavy atom. The van der Waals surface area contributed by atoms with Gasteiger partial charge < -0.3 is 81.6 Å². The lowest BCUT2D eigenvalue weighted by Gasteiger charge is -2.47. The maximum absolute atomic E-state index is 16.1. The molecule has 0 aliphatic carbocycles. The fourth-order valence-electron chi connectivity index (χ4n) is 16.8. The van der Waals surface area contributed by atoms with Crippen molar-refractivity contribution in [1.29, 1.82) is 0 Å². The smallest absolute Gasteiger partial charge is 0.462 e. The summed E-state index contributed by atoms with van der Waals surface area (Å²) < 4.78 is 107. The molecule has 0 unspecified atom stereocenters. The zero-order valence-corrected chi connectivity index (χ0v) is 87.8. The first-order valence-electron chi connectivity index (χ1n) is 51.5. The fraction of sp³-hybridized carbons (Fsp3) is 0.698. The minimum Gasteiger partial charge on any atom is -0.462 e. The summed E-state index contributed by atoms with van der Waals surface area (Å²) >= 11 is 37.0. The molecule has 0 spiro atoms. The summed E-state index contributed by atoms with van der Waals surface area (Å²) in [5.74, 6) is -3.13. The molecule has 2 fully saturated rings. The van der Waals surface area contributed by atoms with Gasteiger partial charge in [0.15, 0.2) is 24.8 Å². The second-order valence-corrected chi connectivity index (χ2v) is 42.9. The lowest BCUT2D eigenvalue weighted by atomic mass is 9.95. The Bertz CT molecular complexity index is 3860. The van der Waals surface area contributed by atoms with Gasteiger partial charge >= 0.3 is 38.0 Å². The molecule has 0 aromatic heterocycles. The number of halogens is 6. The maximum Gasteiger partial charge on any atom is 0.588 e. The first-order valence-corrected chi connectivity index (χ1v) is 55.2. The number of para-hydroxylation sites is 2. The van der Waals surface area contributed by atoms with Gasteiger partial charge in [0, 0.05) is 6.42 Å². The van der Waals surface area contributed by atoms with E-state index in [-0.39, 0.29) is 57.0 Å². The summed E-state index contributed by atoms with van der Waals surface area (Å²) in [6, 6.07) is 31.2. The van der Waals surface area contributed by atoms with Crippen molar-refractivity contribution in [3.05, 3.63) is 145 Å². The van der Waals surface area contributed by atoms with Gasteiger partial charge in [0.1, 0.15) is 73.9 Å². The molecular formula is C106H161Cl6N2O23P. The second kappa shape index (κ2) is 73.4. The van der Waals surface area contributed by atoms with E-state index in [2.05, 4.69) is 44.9 Å². The van der Waals surface area contributed by atoms with Gasteiger partial charge in [0.25, 0.3) is 0 Å². The van der Waals surface area contributed by atoms with E-state index >= 15 is 18.9 Å². The molecule has 32 heteroatoms. The molecule has 6 rings (SSSR count). The summed E-state index contributed by atoms with van der Waals surface area (Å²) in [6.07, 6.45) is 24.4. The number of esters is 3. The predicted molar refractivity (Wildman–Crippen MR) is 544 cm³/mol. The van der Waals surface area contributed by atoms with E-state index in [0.717, 1.165) is 165 Å². The second-order valence-electron chi connectivity index (χ2n) is 36.4. The number of alkyl halides is 6. The van der Waals surface area contributed by atoms with Crippen molar-refractivity contribution in [2.45, 2.75) is 436 Å². The number of alkyl carbamates (subject to hydrolysis) is 1. The van der Waals surface area contributed by atoms with Gasteiger partial charge in [-0.05, 0) is 67.5 Å². The molecule has 2 saturated heterocycles. The lowest BCUT2D eigenvalue weighted by Crippen LogP contribution is -2.68. The van der Waals surface area contributed by atoms with E-state index in [1.165, 1.54) is 127 Å². The zero-order chi connectivity index (χ0) is 99.5. The number of carbonyl (C=O) groups is 6. The van der Waals surface area contributed by atoms with E-state index in [1.54, 1.807) is 36.4 Å². The predicted octanol–water partition coefficient (Wildman–Crippen LogP) is 27.9. The maximum atomic E-state index is 16.1. The fourth-order valence-corrected chi connectivity index (χ4v) is 18.5. The van der Waals surface area contributed by atoms with Crippen LogP contribution in [0.1, 0.15) is 347 Å². The Morgan fingerprint density at radius 2 is 0.790 bits per heavy atom. The number of phosphoric ester groups is 1. The summed E-state index contributed by atoms with van der Waals surface area (Å²) in [4.78, 5) is 89.0. The number of unbranched alkanes of at least 4 members (excludes halogenated alkanes) is 37. The number of rotatable bonds is 78. The molecule has 13 atom stereocenters. The first kappa shape index (κ1) is 121. The van der Waals surface area contributed by atoms with Crippen molar-refractivity contribution in [2.75, 3.05) is 33.0 Å². The number of carbonyl (C=O) groups excluding carboxylic acids is 6. The number of hydrogen-bond acceptors (Lipinski definition) is 23. The number of hydrogen-bond donors (Lipinski definition) is 3. The topological polar surface area (TPSA) is 302 Å². The van der Waals surface area contributed by atoms with Gasteiger partial charge in [-0.2, -0.15) is 0 Å². The monoisotopic (exact) mass is 2070 g/mol. The van der Waals surface area contributed by atoms with Gasteiger partial charge in [-0.3, -0.25) is 23.7 Å². The Labute approximate surface area is 853 Å². The molecule has 138 heavy (non-hydrogen) atoms. The van der Waals surface area contributed by atoms with Gasteiger partial charge in [-0.25, -0.2) is 14.2 Å². The summed E-state index contributed by atoms with van der Waals surface area (Å²) in [7, 11) is -5.30. The van der Waals surface area contributed by atoms with E-state index in [1.807, 2.05) is 60.7 Å². The Morgan fingerprint density at radius 1 is 0.420 bits per heavy atom. The number of nitrogens with one attached hydrogen (secondary N) is 2. The van der Waals surface area contributed by atoms with Gasteiger partial charge in [-0.15, -0.1) is 6.58 Å². The quantitative estimate of drug-likeness (QED) is 0.00923. The van der Waals surface area contributed by atoms with Crippen LogP contribution < -0.4 is 19.7 Å². The van der Waals surface area contributed by atoms with Crippen molar-refractivity contribution >= 4 is 113 Å². The van der Waals surface area contributed by atoms with Crippen LogP contribution in [0, 0.1) is 0 Å². The number of ether oxygens (including phenoxy) is 12. The van der Waals surface area contributed by atoms with Crippen LogP contribution in [-0.2, 0) is 98.3 Å². The molecule has 25 nitrogen and oxygen atoms in total. The van der Waals surface area contributed by atoms with Crippen molar-refractivity contribution < 1.29 is 109 Å². The Balaban J connectivity index is 1.47. The van der Waals surface area contributed by atoms with Gasteiger partial charge in [0.05, 0.1) is 57.9 Å². The average molecular weight is 2080 g/mol. The van der Waals surface area contributed by atoms with Crippen LogP contribution in [0.2, 0.25) is 0 Å². The lowest BCUT2D eigenvalue weighted by molar-refractivity contribution is -0.303. The molecule has 0 saturated carbocycles. The highest BCUT2D eigenvalue weighted by molar-refractivity contribution is 7.49. The third kappa shape index (κ3) is 55.4. The van der Waals surface area contributed by atoms with E-state index in [4.69, 9.17) is 140 Å². The molecule has 2 aliphatic heterocycles. The van der Waals surface area contributed by atoms with Crippen LogP contribution in [0.4, 0.5) is 9.59 Å². The van der Waals surface area contributed by atoms with Crippen LogP contribution in [-0.4, -0.2) is 161 Å². The summed E-state index contributed by atoms with van der Waals surface area (Å²) in [5.41, 5.74) is 1.77. The molecule has 2 heterocycles. The van der Waals surface area contributed by atoms with E-state index in [9.17, 15) is 19.5 Å². The number of aliphatic hydroxyl groups is 1. The molecule has 0 bridgehead atoms. The number of amides is 2. The average Bonchev–Trinajstić information content (AvgIpc) is 0.764. The molecule has 2 aliphatic rings. The van der Waals surface area contributed by atoms with Crippen LogP contribution >= 0.6 is 77.4 Å². The molecular weight excluding hydrogens is 1910 g/mol. The highest BCUT2D eigenvalue weighted by Gasteiger charge is 2.56. The minimum absolute atomic E-state index is 0.0641. The largest absolute Gasteiger partial charge is 0.588 e. The number of benzene rings is 4. The summed E-state index contributed by atoms with van der Waals surface area (Å²) in [6.45, 7) is 9.28. The van der Waals surface area contributed by atoms with E-state index < -0.39 is 164 Å². The standard InChI is InChI=1S/C106H161Cl6N2O23P/c1-6-11-15-19-23-27-29-31-34-38-42-54-70-88(130-92(116)71-59-43-39-35-30-28-24-20-16-12-7-2)75-94(118)134-100-96(114-103(120)128-80-105(107,108)109)102(132-90(79-127-104(121)129-81-106(110,111)112)98(100)137-138(122,135-84-64-55-46-56-65-84)136-85-66-57-47-58-67-85)126-78-89-97(119)99(133-93(117)74-87(125-77-83-62-50-45-51-63-83)69-53-41-37-33-26-22-18-14-9-4)95(101(131-89)123-72-10-5)113-91(115)73-86(124-76-82-60-48-44-49-61-82)68-52-40-36-32-25-21-17-13-8-3/h10,44-51,55-58,60-67,86-90,95-102,119H,5-9,11-43,52-54,59,68-81H2,1-4H3,(H,113,115)(H,114,120)/t86-,87-,88-,89-,90-,95-,96-,97-,98-,99-,100-,101+,102-/m1/s1. The van der Waals surface area contributed by atoms with Crippen molar-refractivity contribution in [3.8, 4) is 11.5 Å². The third-order valence-corrected chi connectivity index (χ3v) is 26.3. The Hall–Kier alpha value is -5.71. The van der Waals surface area contributed by atoms with Crippen LogP contribution in [0.5, 0.6) is 11.5 Å². The summed E-state index contributed by atoms with van der Waals surface area (Å²) in [5, 5.41) is 19.0. The molecule has 4 aromatic rings. The molecule has 0 radical (unpaired) electrons. The number of phosphoric acid groups is 1. The highest BCUT2D eigenvalue weighted by Crippen LogP contribution is 2.53. The Kier molecular flexibility index (Phi) is 64.3. The molecule has 4 aromatic carbocycles. The molecule has 2 amide bonds. The van der Waals surface area contributed by atoms with Crippen LogP contribution in [0.25, 0.3) is 0 Å². The normalized spacial score (nSPS) is 19.1. The van der Waals surface area contributed by atoms with Crippen LogP contribution in [0.3, 0.4) is 0 Å². The van der Waals surface area contributed by atoms with Crippen molar-refractivity contribution in [3.63, 3.8) is 0 Å². The van der Waals surface area contributed by atoms with E-state index in [0.29, 0.717) is 25.7 Å². The third-order valence-electron chi connectivity index (χ3n) is 24.3. The molecule has 780 valence electrons. The molecule has 3 N–H and O–H groups in total. The number of aliphatic hydroxyl groups excluding tert-OH is 1. The zero-order valence-electron chi connectivity index (χ0n) is 82.4. The van der Waals surface area contributed by atoms with Crippen molar-refractivity contribution in [2.24, 2.45) is 0 Å².